The third-order valence-electron chi connectivity index (χ3n) is 7.21. The van der Waals surface area contributed by atoms with Crippen molar-refractivity contribution in [3.8, 4) is 0 Å². The van der Waals surface area contributed by atoms with E-state index >= 15 is 0 Å². The molecule has 2 aliphatic heterocycles. The zero-order valence-corrected chi connectivity index (χ0v) is 20.3. The molecule has 0 spiro atoms. The van der Waals surface area contributed by atoms with Crippen molar-refractivity contribution in [1.82, 2.24) is 14.1 Å². The lowest BCUT2D eigenvalue weighted by Crippen LogP contribution is -2.52. The van der Waals surface area contributed by atoms with E-state index in [1.165, 1.54) is 0 Å². The number of hydrogen-bond donors (Lipinski definition) is 0. The Morgan fingerprint density at radius 3 is 2.24 bits per heavy atom. The number of rotatable bonds is 4. The Labute approximate surface area is 201 Å². The molecule has 6 nitrogen and oxygen atoms in total. The summed E-state index contributed by atoms with van der Waals surface area (Å²) in [6.07, 6.45) is 1.11. The monoisotopic (exact) mass is 477 g/mol. The van der Waals surface area contributed by atoms with E-state index in [1.807, 2.05) is 53.4 Å². The average molecular weight is 478 g/mol. The summed E-state index contributed by atoms with van der Waals surface area (Å²) in [6.45, 7) is 3.10. The van der Waals surface area contributed by atoms with E-state index in [4.69, 9.17) is 0 Å². The first kappa shape index (κ1) is 23.0. The van der Waals surface area contributed by atoms with E-state index in [2.05, 4.69) is 24.1 Å². The Morgan fingerprint density at radius 2 is 1.50 bits per heavy atom. The summed E-state index contributed by atoms with van der Waals surface area (Å²) in [5.74, 6) is 0.0161. The highest BCUT2D eigenvalue weighted by atomic mass is 32.2. The van der Waals surface area contributed by atoms with Gasteiger partial charge in [0.05, 0.1) is 10.9 Å². The Morgan fingerprint density at radius 1 is 0.824 bits per heavy atom. The summed E-state index contributed by atoms with van der Waals surface area (Å²) < 4.78 is 28.2. The van der Waals surface area contributed by atoms with Crippen LogP contribution >= 0.6 is 0 Å². The molecule has 3 aromatic carbocycles. The lowest BCUT2D eigenvalue weighted by molar-refractivity contribution is -0.141. The van der Waals surface area contributed by atoms with Gasteiger partial charge >= 0.3 is 0 Å². The average Bonchev–Trinajstić information content (AvgIpc) is 2.88. The maximum Gasteiger partial charge on any atom is 0.243 e. The molecule has 2 heterocycles. The molecule has 7 heteroatoms. The molecule has 178 valence electrons. The highest BCUT2D eigenvalue weighted by Gasteiger charge is 2.37. The van der Waals surface area contributed by atoms with Gasteiger partial charge in [-0.1, -0.05) is 60.7 Å². The van der Waals surface area contributed by atoms with Crippen LogP contribution in [0.25, 0.3) is 10.8 Å². The molecule has 3 aromatic rings. The Balaban J connectivity index is 1.29. The standard InChI is InChI=1S/C27H31N3O3S/c1-28-17-18-30(26(20-28)22-8-3-2-4-9-22)27(31)23-13-15-29(16-14-23)34(32,33)25-12-11-21-7-5-6-10-24(21)19-25/h2-12,19,23,26H,13-18,20H2,1H3/t26-/m1/s1. The predicted octanol–water partition coefficient (Wildman–Crippen LogP) is 3.76. The number of hydrogen-bond acceptors (Lipinski definition) is 4. The van der Waals surface area contributed by atoms with Gasteiger partial charge in [0.25, 0.3) is 0 Å². The van der Waals surface area contributed by atoms with Crippen molar-refractivity contribution in [2.24, 2.45) is 5.92 Å². The molecule has 0 bridgehead atoms. The normalized spacial score (nSPS) is 21.1. The number of benzene rings is 3. The summed E-state index contributed by atoms with van der Waals surface area (Å²) in [4.78, 5) is 18.2. The fourth-order valence-corrected chi connectivity index (χ4v) is 6.70. The lowest BCUT2D eigenvalue weighted by atomic mass is 9.94. The number of carbonyl (C=O) groups is 1. The number of carbonyl (C=O) groups excluding carboxylic acids is 1. The molecule has 1 amide bonds. The van der Waals surface area contributed by atoms with Crippen molar-refractivity contribution in [2.75, 3.05) is 39.8 Å². The maximum atomic E-state index is 13.6. The van der Waals surface area contributed by atoms with E-state index in [0.29, 0.717) is 37.4 Å². The summed E-state index contributed by atoms with van der Waals surface area (Å²) in [5, 5.41) is 1.93. The van der Waals surface area contributed by atoms with Crippen LogP contribution in [0.3, 0.4) is 0 Å². The zero-order valence-electron chi connectivity index (χ0n) is 19.5. The number of likely N-dealkylation sites (N-methyl/N-ethyl adjacent to an activating group) is 1. The maximum absolute atomic E-state index is 13.6. The van der Waals surface area contributed by atoms with Crippen molar-refractivity contribution in [3.05, 3.63) is 78.4 Å². The SMILES string of the molecule is CN1CCN(C(=O)C2CCN(S(=O)(=O)c3ccc4ccccc4c3)CC2)[C@@H](c2ccccc2)C1. The number of piperazine rings is 1. The van der Waals surface area contributed by atoms with Crippen LogP contribution in [-0.4, -0.2) is 68.2 Å². The fourth-order valence-electron chi connectivity index (χ4n) is 5.20. The van der Waals surface area contributed by atoms with Crippen molar-refractivity contribution in [3.63, 3.8) is 0 Å². The van der Waals surface area contributed by atoms with Gasteiger partial charge in [-0.3, -0.25) is 4.79 Å². The Kier molecular flexibility index (Phi) is 6.42. The molecule has 2 saturated heterocycles. The van der Waals surface area contributed by atoms with E-state index in [9.17, 15) is 13.2 Å². The molecule has 0 saturated carbocycles. The van der Waals surface area contributed by atoms with Crippen LogP contribution in [0.1, 0.15) is 24.4 Å². The molecule has 34 heavy (non-hydrogen) atoms. The van der Waals surface area contributed by atoms with Crippen molar-refractivity contribution < 1.29 is 13.2 Å². The van der Waals surface area contributed by atoms with Gasteiger partial charge in [-0.25, -0.2) is 8.42 Å². The topological polar surface area (TPSA) is 60.9 Å². The van der Waals surface area contributed by atoms with Crippen LogP contribution in [0.2, 0.25) is 0 Å². The highest BCUT2D eigenvalue weighted by molar-refractivity contribution is 7.89. The minimum Gasteiger partial charge on any atom is -0.333 e. The summed E-state index contributed by atoms with van der Waals surface area (Å²) in [6, 6.07) is 23.3. The van der Waals surface area contributed by atoms with Crippen LogP contribution in [0.4, 0.5) is 0 Å². The van der Waals surface area contributed by atoms with Gasteiger partial charge in [-0.2, -0.15) is 4.31 Å². The van der Waals surface area contributed by atoms with E-state index < -0.39 is 10.0 Å². The lowest BCUT2D eigenvalue weighted by Gasteiger charge is -2.43. The molecular formula is C27H31N3O3S. The first-order valence-corrected chi connectivity index (χ1v) is 13.4. The molecule has 2 fully saturated rings. The third-order valence-corrected chi connectivity index (χ3v) is 9.11. The van der Waals surface area contributed by atoms with Gasteiger partial charge in [-0.15, -0.1) is 0 Å². The summed E-state index contributed by atoms with van der Waals surface area (Å²) >= 11 is 0. The van der Waals surface area contributed by atoms with Gasteiger partial charge < -0.3 is 9.80 Å². The quantitative estimate of drug-likeness (QED) is 0.574. The molecule has 1 atom stereocenters. The number of nitrogens with zero attached hydrogens (tertiary/aromatic N) is 3. The van der Waals surface area contributed by atoms with Crippen LogP contribution in [0, 0.1) is 5.92 Å². The second-order valence-electron chi connectivity index (χ2n) is 9.41. The molecule has 5 rings (SSSR count). The van der Waals surface area contributed by atoms with Crippen molar-refractivity contribution >= 4 is 26.7 Å². The van der Waals surface area contributed by atoms with Crippen LogP contribution in [-0.2, 0) is 14.8 Å². The highest BCUT2D eigenvalue weighted by Crippen LogP contribution is 2.31. The van der Waals surface area contributed by atoms with Gasteiger partial charge in [0.2, 0.25) is 15.9 Å². The third kappa shape index (κ3) is 4.48. The number of piperidine rings is 1. The van der Waals surface area contributed by atoms with Gasteiger partial charge in [0, 0.05) is 38.6 Å². The summed E-state index contributed by atoms with van der Waals surface area (Å²) in [5.41, 5.74) is 1.15. The number of fused-ring (bicyclic) bond motifs is 1. The molecule has 0 aliphatic carbocycles. The summed E-state index contributed by atoms with van der Waals surface area (Å²) in [7, 11) is -1.50. The minimum absolute atomic E-state index is 0.0341. The van der Waals surface area contributed by atoms with Crippen LogP contribution in [0.15, 0.2) is 77.7 Å². The first-order valence-electron chi connectivity index (χ1n) is 12.0. The van der Waals surface area contributed by atoms with Crippen LogP contribution < -0.4 is 0 Å². The Hall–Kier alpha value is -2.74. The van der Waals surface area contributed by atoms with Gasteiger partial charge in [-0.05, 0) is 48.4 Å². The van der Waals surface area contributed by atoms with Crippen molar-refractivity contribution in [1.29, 1.82) is 0 Å². The van der Waals surface area contributed by atoms with Gasteiger partial charge in [0.1, 0.15) is 0 Å². The largest absolute Gasteiger partial charge is 0.333 e. The molecule has 0 unspecified atom stereocenters. The van der Waals surface area contributed by atoms with Gasteiger partial charge in [0.15, 0.2) is 0 Å². The van der Waals surface area contributed by atoms with Crippen LogP contribution in [0.5, 0.6) is 0 Å². The minimum atomic E-state index is -3.59. The molecule has 0 N–H and O–H groups in total. The zero-order chi connectivity index (χ0) is 23.7. The second kappa shape index (κ2) is 9.49. The molecule has 2 aliphatic rings. The first-order chi connectivity index (χ1) is 16.4. The predicted molar refractivity (Wildman–Crippen MR) is 134 cm³/mol. The smallest absolute Gasteiger partial charge is 0.243 e. The fraction of sp³-hybridized carbons (Fsp3) is 0.370. The molecule has 0 radical (unpaired) electrons. The van der Waals surface area contributed by atoms with E-state index in [1.54, 1.807) is 16.4 Å². The van der Waals surface area contributed by atoms with E-state index in [-0.39, 0.29) is 17.9 Å². The molecule has 0 aromatic heterocycles. The van der Waals surface area contributed by atoms with Crippen molar-refractivity contribution in [2.45, 2.75) is 23.8 Å². The Bertz CT molecular complexity index is 1270. The number of amides is 1. The number of sulfonamides is 1. The van der Waals surface area contributed by atoms with E-state index in [0.717, 1.165) is 29.4 Å². The second-order valence-corrected chi connectivity index (χ2v) is 11.3. The molecular weight excluding hydrogens is 446 g/mol.